The van der Waals surface area contributed by atoms with Gasteiger partial charge in [0.1, 0.15) is 29.6 Å². The molecule has 0 radical (unpaired) electrons. The van der Waals surface area contributed by atoms with E-state index in [0.29, 0.717) is 33.8 Å². The quantitative estimate of drug-likeness (QED) is 0.302. The fourth-order valence-corrected chi connectivity index (χ4v) is 5.93. The normalized spacial score (nSPS) is 13.2. The predicted molar refractivity (Wildman–Crippen MR) is 135 cm³/mol. The van der Waals surface area contributed by atoms with E-state index in [4.69, 9.17) is 37.7 Å². The minimum atomic E-state index is -0.116. The molecule has 2 heterocycles. The van der Waals surface area contributed by atoms with Gasteiger partial charge < -0.3 is 14.5 Å². The van der Waals surface area contributed by atoms with E-state index in [2.05, 4.69) is 4.98 Å². The van der Waals surface area contributed by atoms with Gasteiger partial charge in [-0.2, -0.15) is 0 Å². The van der Waals surface area contributed by atoms with Crippen molar-refractivity contribution >= 4 is 44.8 Å². The van der Waals surface area contributed by atoms with E-state index < -0.39 is 0 Å². The minimum Gasteiger partial charge on any atom is -0.490 e. The maximum absolute atomic E-state index is 12.9. The highest BCUT2D eigenvalue weighted by Crippen LogP contribution is 2.38. The molecular formula is C25H22Cl2N2O3S. The summed E-state index contributed by atoms with van der Waals surface area (Å²) in [7, 11) is 0. The first-order valence-corrected chi connectivity index (χ1v) is 12.4. The Hall–Kier alpha value is -2.54. The number of aromatic nitrogens is 2. The molecule has 170 valence electrons. The van der Waals surface area contributed by atoms with Crippen LogP contribution in [0.5, 0.6) is 11.5 Å². The first-order chi connectivity index (χ1) is 16.0. The molecule has 1 N–H and O–H groups in total. The van der Waals surface area contributed by atoms with Crippen LogP contribution in [0, 0.1) is 6.92 Å². The molecule has 0 saturated carbocycles. The molecule has 0 unspecified atom stereocenters. The SMILES string of the molecule is Cc1ccc(OCCOc2c(Cl)cc(-c3nc4sc5c(c4c(=O)[nH]3)CCCC5)cc2Cl)cc1. The molecule has 1 aliphatic rings. The van der Waals surface area contributed by atoms with Crippen molar-refractivity contribution in [1.29, 1.82) is 0 Å². The van der Waals surface area contributed by atoms with Crippen LogP contribution in [0.2, 0.25) is 10.0 Å². The highest BCUT2D eigenvalue weighted by atomic mass is 35.5. The Morgan fingerprint density at radius 1 is 1.03 bits per heavy atom. The number of nitrogens with zero attached hydrogens (tertiary/aromatic N) is 1. The summed E-state index contributed by atoms with van der Waals surface area (Å²) in [5.74, 6) is 1.60. The summed E-state index contributed by atoms with van der Waals surface area (Å²) < 4.78 is 11.5. The maximum Gasteiger partial charge on any atom is 0.260 e. The molecule has 2 aromatic carbocycles. The first kappa shape index (κ1) is 22.3. The number of rotatable bonds is 6. The predicted octanol–water partition coefficient (Wildman–Crippen LogP) is 6.60. The van der Waals surface area contributed by atoms with Crippen molar-refractivity contribution in [3.05, 3.63) is 72.8 Å². The standard InChI is InChI=1S/C25H22Cl2N2O3S/c1-14-6-8-16(9-7-14)31-10-11-32-22-18(26)12-15(13-19(22)27)23-28-24(30)21-17-4-2-3-5-20(17)33-25(21)29-23/h6-9,12-13H,2-5,10-11H2,1H3,(H,28,29,30). The summed E-state index contributed by atoms with van der Waals surface area (Å²) >= 11 is 14.6. The lowest BCUT2D eigenvalue weighted by atomic mass is 9.97. The van der Waals surface area contributed by atoms with Crippen molar-refractivity contribution in [1.82, 2.24) is 9.97 Å². The third kappa shape index (κ3) is 4.60. The van der Waals surface area contributed by atoms with E-state index in [0.717, 1.165) is 47.2 Å². The number of hydrogen-bond donors (Lipinski definition) is 1. The molecule has 4 aromatic rings. The number of benzene rings is 2. The van der Waals surface area contributed by atoms with E-state index in [1.165, 1.54) is 10.4 Å². The Bertz CT molecular complexity index is 1360. The van der Waals surface area contributed by atoms with Crippen LogP contribution in [-0.4, -0.2) is 23.2 Å². The number of hydrogen-bond acceptors (Lipinski definition) is 5. The Morgan fingerprint density at radius 2 is 1.73 bits per heavy atom. The second-order valence-corrected chi connectivity index (χ2v) is 9.98. The lowest BCUT2D eigenvalue weighted by Crippen LogP contribution is -2.11. The van der Waals surface area contributed by atoms with Crippen LogP contribution in [-0.2, 0) is 12.8 Å². The number of fused-ring (bicyclic) bond motifs is 3. The van der Waals surface area contributed by atoms with Crippen LogP contribution in [0.15, 0.2) is 41.2 Å². The summed E-state index contributed by atoms with van der Waals surface area (Å²) in [6, 6.07) is 11.2. The van der Waals surface area contributed by atoms with Crippen LogP contribution in [0.4, 0.5) is 0 Å². The molecule has 8 heteroatoms. The zero-order valence-electron chi connectivity index (χ0n) is 18.0. The smallest absolute Gasteiger partial charge is 0.260 e. The number of thiophene rings is 1. The van der Waals surface area contributed by atoms with Crippen molar-refractivity contribution in [3.63, 3.8) is 0 Å². The van der Waals surface area contributed by atoms with Gasteiger partial charge in [-0.3, -0.25) is 4.79 Å². The molecule has 0 saturated heterocycles. The summed E-state index contributed by atoms with van der Waals surface area (Å²) in [4.78, 5) is 22.5. The van der Waals surface area contributed by atoms with Crippen LogP contribution >= 0.6 is 34.5 Å². The average molecular weight is 501 g/mol. The first-order valence-electron chi connectivity index (χ1n) is 10.9. The van der Waals surface area contributed by atoms with Crippen molar-refractivity contribution in [3.8, 4) is 22.9 Å². The van der Waals surface area contributed by atoms with Gasteiger partial charge in [0.15, 0.2) is 5.75 Å². The molecule has 0 aliphatic heterocycles. The molecule has 2 aromatic heterocycles. The van der Waals surface area contributed by atoms with Gasteiger partial charge in [0.25, 0.3) is 5.56 Å². The van der Waals surface area contributed by atoms with Crippen LogP contribution in [0.3, 0.4) is 0 Å². The zero-order valence-corrected chi connectivity index (χ0v) is 20.4. The second-order valence-electron chi connectivity index (χ2n) is 8.08. The minimum absolute atomic E-state index is 0.116. The van der Waals surface area contributed by atoms with Gasteiger partial charge in [-0.25, -0.2) is 4.98 Å². The molecule has 0 fully saturated rings. The van der Waals surface area contributed by atoms with Crippen LogP contribution < -0.4 is 15.0 Å². The molecule has 5 rings (SSSR count). The summed E-state index contributed by atoms with van der Waals surface area (Å²) in [6.45, 7) is 2.66. The van der Waals surface area contributed by atoms with Gasteiger partial charge in [-0.05, 0) is 62.4 Å². The van der Waals surface area contributed by atoms with Crippen LogP contribution in [0.25, 0.3) is 21.6 Å². The fourth-order valence-electron chi connectivity index (χ4n) is 4.07. The Balaban J connectivity index is 1.34. The number of nitrogens with one attached hydrogen (secondary N) is 1. The number of aryl methyl sites for hydroxylation is 3. The topological polar surface area (TPSA) is 64.2 Å². The van der Waals surface area contributed by atoms with E-state index in [1.54, 1.807) is 23.5 Å². The molecular weight excluding hydrogens is 479 g/mol. The largest absolute Gasteiger partial charge is 0.490 e. The van der Waals surface area contributed by atoms with E-state index in [-0.39, 0.29) is 12.2 Å². The molecule has 33 heavy (non-hydrogen) atoms. The average Bonchev–Trinajstić information content (AvgIpc) is 3.18. The number of aromatic amines is 1. The van der Waals surface area contributed by atoms with Gasteiger partial charge in [0.2, 0.25) is 0 Å². The molecule has 0 atom stereocenters. The fraction of sp³-hybridized carbons (Fsp3) is 0.280. The number of halogens is 2. The second kappa shape index (κ2) is 9.37. The van der Waals surface area contributed by atoms with E-state index in [1.807, 2.05) is 31.2 Å². The molecule has 0 amide bonds. The third-order valence-electron chi connectivity index (χ3n) is 5.72. The third-order valence-corrected chi connectivity index (χ3v) is 7.46. The number of H-pyrrole nitrogens is 1. The summed E-state index contributed by atoms with van der Waals surface area (Å²) in [5, 5.41) is 1.42. The molecule has 5 nitrogen and oxygen atoms in total. The van der Waals surface area contributed by atoms with Crippen molar-refractivity contribution in [2.45, 2.75) is 32.6 Å². The number of ether oxygens (including phenoxy) is 2. The zero-order chi connectivity index (χ0) is 22.9. The van der Waals surface area contributed by atoms with Crippen molar-refractivity contribution < 1.29 is 9.47 Å². The monoisotopic (exact) mass is 500 g/mol. The van der Waals surface area contributed by atoms with Gasteiger partial charge in [0.05, 0.1) is 15.4 Å². The summed E-state index contributed by atoms with van der Waals surface area (Å²) in [5.41, 5.74) is 2.86. The van der Waals surface area contributed by atoms with Crippen LogP contribution in [0.1, 0.15) is 28.8 Å². The summed E-state index contributed by atoms with van der Waals surface area (Å²) in [6.07, 6.45) is 4.23. The van der Waals surface area contributed by atoms with Gasteiger partial charge in [-0.15, -0.1) is 11.3 Å². The lowest BCUT2D eigenvalue weighted by molar-refractivity contribution is 0.217. The van der Waals surface area contributed by atoms with Gasteiger partial charge in [-0.1, -0.05) is 40.9 Å². The highest BCUT2D eigenvalue weighted by molar-refractivity contribution is 7.18. The van der Waals surface area contributed by atoms with E-state index >= 15 is 0 Å². The maximum atomic E-state index is 12.9. The highest BCUT2D eigenvalue weighted by Gasteiger charge is 2.21. The Labute approximate surface area is 205 Å². The molecule has 0 bridgehead atoms. The Kier molecular flexibility index (Phi) is 6.32. The Morgan fingerprint density at radius 3 is 2.48 bits per heavy atom. The lowest BCUT2D eigenvalue weighted by Gasteiger charge is -2.12. The molecule has 1 aliphatic carbocycles. The van der Waals surface area contributed by atoms with Crippen molar-refractivity contribution in [2.24, 2.45) is 0 Å². The van der Waals surface area contributed by atoms with Gasteiger partial charge >= 0.3 is 0 Å². The van der Waals surface area contributed by atoms with Gasteiger partial charge in [0, 0.05) is 10.4 Å². The van der Waals surface area contributed by atoms with Crippen molar-refractivity contribution in [2.75, 3.05) is 13.2 Å². The van der Waals surface area contributed by atoms with E-state index in [9.17, 15) is 4.79 Å². The molecule has 0 spiro atoms.